The summed E-state index contributed by atoms with van der Waals surface area (Å²) >= 11 is 6.24. The van der Waals surface area contributed by atoms with Gasteiger partial charge in [0, 0.05) is 23.6 Å². The molecule has 9 heteroatoms. The largest absolute Gasteiger partial charge is 0.394 e. The molecule has 7 nitrogen and oxygen atoms in total. The van der Waals surface area contributed by atoms with Gasteiger partial charge in [0.05, 0.1) is 17.3 Å². The molecule has 1 atom stereocenters. The number of carbonyl (C=O) groups excluding carboxylic acids is 1. The number of rotatable bonds is 7. The summed E-state index contributed by atoms with van der Waals surface area (Å²) in [7, 11) is 0. The number of nitrogens with one attached hydrogen (secondary N) is 1. The summed E-state index contributed by atoms with van der Waals surface area (Å²) in [5, 5.41) is 24.0. The van der Waals surface area contributed by atoms with E-state index in [4.69, 9.17) is 11.6 Å². The Kier molecular flexibility index (Phi) is 6.56. The van der Waals surface area contributed by atoms with Crippen molar-refractivity contribution in [3.63, 3.8) is 0 Å². The first-order valence-corrected chi connectivity index (χ1v) is 9.60. The molecule has 29 heavy (non-hydrogen) atoms. The highest BCUT2D eigenvalue weighted by Crippen LogP contribution is 2.31. The molecule has 0 aliphatic rings. The van der Waals surface area contributed by atoms with E-state index in [2.05, 4.69) is 20.8 Å². The number of benzene rings is 2. The Balaban J connectivity index is 2.14. The molecule has 3 rings (SSSR count). The summed E-state index contributed by atoms with van der Waals surface area (Å²) in [5.74, 6) is -0.154. The Labute approximate surface area is 172 Å². The van der Waals surface area contributed by atoms with Crippen LogP contribution in [0, 0.1) is 5.82 Å². The van der Waals surface area contributed by atoms with Crippen LogP contribution in [0.3, 0.4) is 0 Å². The lowest BCUT2D eigenvalue weighted by molar-refractivity contribution is 0.0922. The van der Waals surface area contributed by atoms with Gasteiger partial charge in [-0.2, -0.15) is 4.68 Å². The molecule has 1 aromatic heterocycles. The first-order chi connectivity index (χ1) is 13.9. The van der Waals surface area contributed by atoms with Gasteiger partial charge in [0.25, 0.3) is 5.91 Å². The van der Waals surface area contributed by atoms with Gasteiger partial charge >= 0.3 is 0 Å². The Morgan fingerprint density at radius 3 is 2.79 bits per heavy atom. The summed E-state index contributed by atoms with van der Waals surface area (Å²) in [5.41, 5.74) is 2.12. The van der Waals surface area contributed by atoms with Crippen molar-refractivity contribution in [1.82, 2.24) is 25.5 Å². The third-order valence-corrected chi connectivity index (χ3v) is 4.64. The van der Waals surface area contributed by atoms with Gasteiger partial charge in [0.2, 0.25) is 0 Å². The molecular weight excluding hydrogens is 397 g/mol. The van der Waals surface area contributed by atoms with E-state index in [0.29, 0.717) is 34.6 Å². The standard InChI is InChI=1S/C20H21ClFN5O2/c1-3-4-19-24-25-26-27(19)16-8-13(17-6-5-15(22)10-18(17)21)7-14(9-16)20(29)23-12(2)11-28/h5-10,12,28H,3-4,11H2,1-2H3,(H,23,29)/t12-/m0/s1. The van der Waals surface area contributed by atoms with Gasteiger partial charge in [0.15, 0.2) is 5.82 Å². The number of nitrogens with zero attached hydrogens (tertiary/aromatic N) is 4. The number of aliphatic hydroxyl groups excluding tert-OH is 1. The van der Waals surface area contributed by atoms with Crippen molar-refractivity contribution in [2.45, 2.75) is 32.7 Å². The fourth-order valence-corrected chi connectivity index (χ4v) is 3.16. The van der Waals surface area contributed by atoms with Crippen LogP contribution in [0.1, 0.15) is 36.5 Å². The van der Waals surface area contributed by atoms with Crippen LogP contribution in [-0.4, -0.2) is 43.9 Å². The maximum absolute atomic E-state index is 13.5. The number of aromatic nitrogens is 4. The fourth-order valence-electron chi connectivity index (χ4n) is 2.88. The molecule has 2 aromatic carbocycles. The van der Waals surface area contributed by atoms with Crippen LogP contribution in [-0.2, 0) is 6.42 Å². The SMILES string of the molecule is CCCc1nnnn1-c1cc(C(=O)N[C@@H](C)CO)cc(-c2ccc(F)cc2Cl)c1. The van der Waals surface area contributed by atoms with Crippen molar-refractivity contribution in [2.24, 2.45) is 0 Å². The number of aliphatic hydroxyl groups is 1. The molecule has 0 bridgehead atoms. The van der Waals surface area contributed by atoms with E-state index in [1.165, 1.54) is 12.1 Å². The second-order valence-corrected chi connectivity index (χ2v) is 7.11. The topological polar surface area (TPSA) is 92.9 Å². The highest BCUT2D eigenvalue weighted by Gasteiger charge is 2.16. The minimum Gasteiger partial charge on any atom is -0.394 e. The summed E-state index contributed by atoms with van der Waals surface area (Å²) in [6.07, 6.45) is 1.52. The van der Waals surface area contributed by atoms with E-state index in [-0.39, 0.29) is 17.5 Å². The molecule has 3 aromatic rings. The predicted octanol–water partition coefficient (Wildman–Crippen LogP) is 3.18. The van der Waals surface area contributed by atoms with Gasteiger partial charge in [-0.15, -0.1) is 5.10 Å². The van der Waals surface area contributed by atoms with Crippen LogP contribution in [0.25, 0.3) is 16.8 Å². The average Bonchev–Trinajstić information content (AvgIpc) is 3.16. The van der Waals surface area contributed by atoms with E-state index in [9.17, 15) is 14.3 Å². The predicted molar refractivity (Wildman–Crippen MR) is 108 cm³/mol. The molecule has 0 saturated heterocycles. The van der Waals surface area contributed by atoms with Gasteiger partial charge in [-0.25, -0.2) is 4.39 Å². The molecule has 0 spiro atoms. The lowest BCUT2D eigenvalue weighted by atomic mass is 10.0. The molecular formula is C20H21ClFN5O2. The molecule has 1 heterocycles. The van der Waals surface area contributed by atoms with Crippen molar-refractivity contribution in [3.8, 4) is 16.8 Å². The van der Waals surface area contributed by atoms with E-state index in [0.717, 1.165) is 6.42 Å². The van der Waals surface area contributed by atoms with Crippen LogP contribution in [0.5, 0.6) is 0 Å². The van der Waals surface area contributed by atoms with Crippen LogP contribution in [0.2, 0.25) is 5.02 Å². The van der Waals surface area contributed by atoms with Gasteiger partial charge in [-0.05, 0) is 65.7 Å². The van der Waals surface area contributed by atoms with Gasteiger partial charge in [0.1, 0.15) is 5.82 Å². The van der Waals surface area contributed by atoms with E-state index < -0.39 is 11.9 Å². The molecule has 0 aliphatic heterocycles. The second-order valence-electron chi connectivity index (χ2n) is 6.71. The monoisotopic (exact) mass is 417 g/mol. The normalized spacial score (nSPS) is 12.0. The highest BCUT2D eigenvalue weighted by atomic mass is 35.5. The molecule has 0 fully saturated rings. The smallest absolute Gasteiger partial charge is 0.251 e. The third kappa shape index (κ3) is 4.78. The molecule has 0 unspecified atom stereocenters. The number of carbonyl (C=O) groups is 1. The Morgan fingerprint density at radius 1 is 1.31 bits per heavy atom. The average molecular weight is 418 g/mol. The van der Waals surface area contributed by atoms with E-state index in [1.54, 1.807) is 35.9 Å². The Bertz CT molecular complexity index is 1020. The number of aryl methyl sites for hydroxylation is 1. The lowest BCUT2D eigenvalue weighted by Crippen LogP contribution is -2.35. The summed E-state index contributed by atoms with van der Waals surface area (Å²) in [6, 6.07) is 8.79. The Morgan fingerprint density at radius 2 is 2.10 bits per heavy atom. The molecule has 0 saturated carbocycles. The van der Waals surface area contributed by atoms with Gasteiger partial charge in [-0.3, -0.25) is 4.79 Å². The van der Waals surface area contributed by atoms with Crippen LogP contribution in [0.4, 0.5) is 4.39 Å². The first kappa shape index (κ1) is 20.9. The number of tetrazole rings is 1. The molecule has 0 radical (unpaired) electrons. The third-order valence-electron chi connectivity index (χ3n) is 4.33. The summed E-state index contributed by atoms with van der Waals surface area (Å²) in [4.78, 5) is 12.7. The maximum atomic E-state index is 13.5. The fraction of sp³-hybridized carbons (Fsp3) is 0.300. The van der Waals surface area contributed by atoms with Gasteiger partial charge in [-0.1, -0.05) is 18.5 Å². The summed E-state index contributed by atoms with van der Waals surface area (Å²) < 4.78 is 15.1. The quantitative estimate of drug-likeness (QED) is 0.615. The van der Waals surface area contributed by atoms with Crippen molar-refractivity contribution in [2.75, 3.05) is 6.61 Å². The van der Waals surface area contributed by atoms with Crippen LogP contribution < -0.4 is 5.32 Å². The zero-order valence-electron chi connectivity index (χ0n) is 16.1. The van der Waals surface area contributed by atoms with E-state index >= 15 is 0 Å². The second kappa shape index (κ2) is 9.11. The highest BCUT2D eigenvalue weighted by molar-refractivity contribution is 6.33. The van der Waals surface area contributed by atoms with Crippen molar-refractivity contribution >= 4 is 17.5 Å². The Hall–Kier alpha value is -2.84. The van der Waals surface area contributed by atoms with Crippen molar-refractivity contribution in [1.29, 1.82) is 0 Å². The first-order valence-electron chi connectivity index (χ1n) is 9.22. The minimum absolute atomic E-state index is 0.185. The number of hydrogen-bond donors (Lipinski definition) is 2. The van der Waals surface area contributed by atoms with Crippen molar-refractivity contribution < 1.29 is 14.3 Å². The number of halogens is 2. The lowest BCUT2D eigenvalue weighted by Gasteiger charge is -2.14. The minimum atomic E-state index is -0.449. The zero-order valence-corrected chi connectivity index (χ0v) is 16.8. The number of amides is 1. The van der Waals surface area contributed by atoms with E-state index in [1.807, 2.05) is 6.92 Å². The summed E-state index contributed by atoms with van der Waals surface area (Å²) in [6.45, 7) is 3.53. The van der Waals surface area contributed by atoms with Crippen molar-refractivity contribution in [3.05, 3.63) is 58.6 Å². The van der Waals surface area contributed by atoms with Crippen LogP contribution in [0.15, 0.2) is 36.4 Å². The maximum Gasteiger partial charge on any atom is 0.251 e. The molecule has 152 valence electrons. The van der Waals surface area contributed by atoms with Crippen LogP contribution >= 0.6 is 11.6 Å². The molecule has 1 amide bonds. The number of hydrogen-bond acceptors (Lipinski definition) is 5. The van der Waals surface area contributed by atoms with Gasteiger partial charge < -0.3 is 10.4 Å². The molecule has 0 aliphatic carbocycles. The molecule has 2 N–H and O–H groups in total. The zero-order chi connectivity index (χ0) is 21.0.